The second-order valence-electron chi connectivity index (χ2n) is 5.05. The Hall–Kier alpha value is -1.09. The summed E-state index contributed by atoms with van der Waals surface area (Å²) in [4.78, 5) is 10.9. The van der Waals surface area contributed by atoms with Crippen molar-refractivity contribution in [1.29, 1.82) is 0 Å². The molecule has 2 heterocycles. The van der Waals surface area contributed by atoms with Gasteiger partial charge in [0.1, 0.15) is 0 Å². The Morgan fingerprint density at radius 2 is 2.27 bits per heavy atom. The number of aliphatic imine (C=N–C) groups is 1. The quantitative estimate of drug-likeness (QED) is 0.448. The predicted molar refractivity (Wildman–Crippen MR) is 104 cm³/mol. The van der Waals surface area contributed by atoms with Crippen LogP contribution in [-0.2, 0) is 20.0 Å². The highest BCUT2D eigenvalue weighted by Crippen LogP contribution is 2.08. The number of nitrogens with one attached hydrogen (secondary N) is 1. The Kier molecular flexibility index (Phi) is 7.88. The highest BCUT2D eigenvalue weighted by atomic mass is 127. The molecule has 0 fully saturated rings. The van der Waals surface area contributed by atoms with Crippen LogP contribution in [0.25, 0.3) is 0 Å². The van der Waals surface area contributed by atoms with Crippen molar-refractivity contribution in [2.24, 2.45) is 12.0 Å². The summed E-state index contributed by atoms with van der Waals surface area (Å²) >= 11 is 1.70. The van der Waals surface area contributed by atoms with Crippen LogP contribution in [0.2, 0.25) is 0 Å². The summed E-state index contributed by atoms with van der Waals surface area (Å²) in [5.41, 5.74) is 2.40. The smallest absolute Gasteiger partial charge is 0.193 e. The monoisotopic (exact) mass is 433 g/mol. The zero-order valence-corrected chi connectivity index (χ0v) is 16.7. The van der Waals surface area contributed by atoms with E-state index in [9.17, 15) is 0 Å². The van der Waals surface area contributed by atoms with E-state index in [-0.39, 0.29) is 24.0 Å². The zero-order chi connectivity index (χ0) is 15.2. The molecule has 0 amide bonds. The van der Waals surface area contributed by atoms with E-state index in [0.29, 0.717) is 0 Å². The molecular formula is C15H24IN5S. The molecule has 0 spiro atoms. The van der Waals surface area contributed by atoms with Crippen LogP contribution in [0.15, 0.2) is 28.7 Å². The lowest BCUT2D eigenvalue weighted by Gasteiger charge is -2.22. The molecule has 22 heavy (non-hydrogen) atoms. The molecule has 5 nitrogen and oxygen atoms in total. The van der Waals surface area contributed by atoms with Gasteiger partial charge in [0.2, 0.25) is 0 Å². The summed E-state index contributed by atoms with van der Waals surface area (Å²) in [5, 5.41) is 6.63. The van der Waals surface area contributed by atoms with Crippen LogP contribution >= 0.6 is 35.3 Å². The summed E-state index contributed by atoms with van der Waals surface area (Å²) in [5.74, 6) is 0.906. The maximum absolute atomic E-state index is 4.47. The molecule has 0 saturated carbocycles. The highest BCUT2D eigenvalue weighted by Gasteiger charge is 2.08. The van der Waals surface area contributed by atoms with Crippen LogP contribution in [0.3, 0.4) is 0 Å². The molecule has 0 bridgehead atoms. The van der Waals surface area contributed by atoms with Crippen LogP contribution < -0.4 is 5.32 Å². The summed E-state index contributed by atoms with van der Waals surface area (Å²) in [6.07, 6.45) is 2.98. The average Bonchev–Trinajstić information content (AvgIpc) is 3.04. The van der Waals surface area contributed by atoms with Crippen LogP contribution in [-0.4, -0.2) is 41.1 Å². The van der Waals surface area contributed by atoms with Crippen LogP contribution in [0.4, 0.5) is 0 Å². The molecule has 0 aliphatic heterocycles. The number of halogens is 1. The second kappa shape index (κ2) is 9.14. The van der Waals surface area contributed by atoms with E-state index in [4.69, 9.17) is 0 Å². The third-order valence-electron chi connectivity index (χ3n) is 3.35. The van der Waals surface area contributed by atoms with Gasteiger partial charge in [-0.3, -0.25) is 4.99 Å². The fourth-order valence-electron chi connectivity index (χ4n) is 2.19. The minimum atomic E-state index is 0. The van der Waals surface area contributed by atoms with E-state index in [0.717, 1.165) is 36.2 Å². The molecule has 0 aliphatic carbocycles. The van der Waals surface area contributed by atoms with Gasteiger partial charge in [-0.15, -0.1) is 35.3 Å². The van der Waals surface area contributed by atoms with Crippen molar-refractivity contribution in [2.45, 2.75) is 19.9 Å². The highest BCUT2D eigenvalue weighted by molar-refractivity contribution is 14.0. The minimum absolute atomic E-state index is 0. The molecule has 122 valence electrons. The van der Waals surface area contributed by atoms with Crippen molar-refractivity contribution in [1.82, 2.24) is 19.8 Å². The Balaban J connectivity index is 0.00000242. The lowest BCUT2D eigenvalue weighted by Crippen LogP contribution is -2.39. The number of aromatic nitrogens is 2. The van der Waals surface area contributed by atoms with Crippen molar-refractivity contribution >= 4 is 41.3 Å². The number of guanidine groups is 1. The molecule has 2 aromatic heterocycles. The standard InChI is InChI=1S/C15H23N5S.HI/c1-12-18-13(11-21-12)7-8-17-15(16-2)20(4)10-14-6-5-9-19(14)3;/h5-6,9,11H,7-8,10H2,1-4H3,(H,16,17);1H. The SMILES string of the molecule is CN=C(NCCc1csc(C)n1)N(C)Cc1cccn1C.I. The Labute approximate surface area is 153 Å². The van der Waals surface area contributed by atoms with Crippen molar-refractivity contribution in [3.63, 3.8) is 0 Å². The Morgan fingerprint density at radius 3 is 2.82 bits per heavy atom. The molecule has 0 unspecified atom stereocenters. The van der Waals surface area contributed by atoms with E-state index in [2.05, 4.69) is 62.6 Å². The normalized spacial score (nSPS) is 11.2. The molecule has 0 saturated heterocycles. The zero-order valence-electron chi connectivity index (χ0n) is 13.5. The third kappa shape index (κ3) is 5.28. The van der Waals surface area contributed by atoms with Crippen LogP contribution in [0.1, 0.15) is 16.4 Å². The third-order valence-corrected chi connectivity index (χ3v) is 4.18. The van der Waals surface area contributed by atoms with Gasteiger partial charge in [0.05, 0.1) is 17.2 Å². The number of hydrogen-bond acceptors (Lipinski definition) is 3. The fraction of sp³-hybridized carbons (Fsp3) is 0.467. The first-order chi connectivity index (χ1) is 10.1. The second-order valence-corrected chi connectivity index (χ2v) is 6.11. The molecule has 2 aromatic rings. The van der Waals surface area contributed by atoms with E-state index < -0.39 is 0 Å². The molecule has 0 aromatic carbocycles. The maximum atomic E-state index is 4.47. The minimum Gasteiger partial charge on any atom is -0.356 e. The Bertz CT molecular complexity index is 605. The van der Waals surface area contributed by atoms with E-state index in [1.807, 2.05) is 14.0 Å². The summed E-state index contributed by atoms with van der Waals surface area (Å²) < 4.78 is 2.13. The lowest BCUT2D eigenvalue weighted by molar-refractivity contribution is 0.462. The van der Waals surface area contributed by atoms with Crippen molar-refractivity contribution < 1.29 is 0 Å². The lowest BCUT2D eigenvalue weighted by atomic mass is 10.3. The van der Waals surface area contributed by atoms with Crippen molar-refractivity contribution in [2.75, 3.05) is 20.6 Å². The van der Waals surface area contributed by atoms with Gasteiger partial charge in [0, 0.05) is 51.4 Å². The summed E-state index contributed by atoms with van der Waals surface area (Å²) in [7, 11) is 5.93. The topological polar surface area (TPSA) is 45.5 Å². The van der Waals surface area contributed by atoms with Gasteiger partial charge in [0.15, 0.2) is 5.96 Å². The molecule has 7 heteroatoms. The number of rotatable bonds is 5. The first-order valence-electron chi connectivity index (χ1n) is 7.03. The number of thiazole rings is 1. The van der Waals surface area contributed by atoms with Gasteiger partial charge in [-0.1, -0.05) is 0 Å². The number of aryl methyl sites for hydroxylation is 2. The van der Waals surface area contributed by atoms with Gasteiger partial charge in [-0.25, -0.2) is 4.98 Å². The first kappa shape index (κ1) is 19.0. The van der Waals surface area contributed by atoms with Gasteiger partial charge in [0.25, 0.3) is 0 Å². The van der Waals surface area contributed by atoms with Crippen molar-refractivity contribution in [3.05, 3.63) is 40.1 Å². The van der Waals surface area contributed by atoms with Crippen LogP contribution in [0.5, 0.6) is 0 Å². The Morgan fingerprint density at radius 1 is 1.50 bits per heavy atom. The van der Waals surface area contributed by atoms with Gasteiger partial charge < -0.3 is 14.8 Å². The van der Waals surface area contributed by atoms with Crippen LogP contribution in [0, 0.1) is 6.92 Å². The van der Waals surface area contributed by atoms with Gasteiger partial charge >= 0.3 is 0 Å². The predicted octanol–water partition coefficient (Wildman–Crippen LogP) is 2.66. The molecule has 0 aliphatic rings. The van der Waals surface area contributed by atoms with E-state index in [1.165, 1.54) is 5.69 Å². The van der Waals surface area contributed by atoms with E-state index >= 15 is 0 Å². The number of hydrogen-bond donors (Lipinski definition) is 1. The largest absolute Gasteiger partial charge is 0.356 e. The molecule has 2 rings (SSSR count). The average molecular weight is 433 g/mol. The molecular weight excluding hydrogens is 409 g/mol. The first-order valence-corrected chi connectivity index (χ1v) is 7.91. The van der Waals surface area contributed by atoms with E-state index in [1.54, 1.807) is 11.3 Å². The van der Waals surface area contributed by atoms with Crippen molar-refractivity contribution in [3.8, 4) is 0 Å². The number of nitrogens with zero attached hydrogens (tertiary/aromatic N) is 4. The molecule has 0 radical (unpaired) electrons. The van der Waals surface area contributed by atoms with Gasteiger partial charge in [-0.05, 0) is 19.1 Å². The molecule has 1 N–H and O–H groups in total. The van der Waals surface area contributed by atoms with Gasteiger partial charge in [-0.2, -0.15) is 0 Å². The summed E-state index contributed by atoms with van der Waals surface area (Å²) in [6.45, 7) is 3.71. The maximum Gasteiger partial charge on any atom is 0.193 e. The summed E-state index contributed by atoms with van der Waals surface area (Å²) in [6, 6.07) is 4.19. The molecule has 0 atom stereocenters. The fourth-order valence-corrected chi connectivity index (χ4v) is 2.84.